The summed E-state index contributed by atoms with van der Waals surface area (Å²) in [7, 11) is 0. The molecular formula is C15H29N3O2. The number of amides is 1. The van der Waals surface area contributed by atoms with E-state index in [4.69, 9.17) is 5.11 Å². The van der Waals surface area contributed by atoms with Gasteiger partial charge in [-0.2, -0.15) is 0 Å². The predicted octanol–water partition coefficient (Wildman–Crippen LogP) is 0.291. The second-order valence-corrected chi connectivity index (χ2v) is 6.05. The lowest BCUT2D eigenvalue weighted by Crippen LogP contribution is -2.51. The first kappa shape index (κ1) is 15.7. The van der Waals surface area contributed by atoms with Crippen LogP contribution in [0.5, 0.6) is 0 Å². The van der Waals surface area contributed by atoms with Gasteiger partial charge in [0.25, 0.3) is 0 Å². The maximum absolute atomic E-state index is 12.6. The molecule has 2 N–H and O–H groups in total. The lowest BCUT2D eigenvalue weighted by molar-refractivity contribution is -0.134. The molecular weight excluding hydrogens is 254 g/mol. The van der Waals surface area contributed by atoms with Crippen LogP contribution in [0.4, 0.5) is 0 Å². The van der Waals surface area contributed by atoms with Gasteiger partial charge in [-0.1, -0.05) is 13.3 Å². The third-order valence-corrected chi connectivity index (χ3v) is 4.70. The lowest BCUT2D eigenvalue weighted by atomic mass is 9.90. The third kappa shape index (κ3) is 4.17. The molecule has 5 nitrogen and oxygen atoms in total. The van der Waals surface area contributed by atoms with Crippen LogP contribution in [0, 0.1) is 5.92 Å². The molecule has 2 heterocycles. The number of aliphatic hydroxyl groups is 1. The topological polar surface area (TPSA) is 55.8 Å². The number of carbonyl (C=O) groups is 1. The number of rotatable bonds is 4. The number of β-amino-alcohol motifs (C(OH)–C–C–N with tert-alkyl or cyclic N) is 1. The van der Waals surface area contributed by atoms with E-state index in [1.165, 1.54) is 12.8 Å². The number of hydrogen-bond donors (Lipinski definition) is 2. The summed E-state index contributed by atoms with van der Waals surface area (Å²) < 4.78 is 0. The number of nitrogens with zero attached hydrogens (tertiary/aromatic N) is 2. The molecule has 0 aromatic carbocycles. The van der Waals surface area contributed by atoms with Gasteiger partial charge in [-0.05, 0) is 38.3 Å². The van der Waals surface area contributed by atoms with E-state index in [1.54, 1.807) is 0 Å². The van der Waals surface area contributed by atoms with Gasteiger partial charge in [0.15, 0.2) is 0 Å². The highest BCUT2D eigenvalue weighted by atomic mass is 16.3. The molecule has 2 saturated heterocycles. The van der Waals surface area contributed by atoms with Crippen LogP contribution in [0.2, 0.25) is 0 Å². The van der Waals surface area contributed by atoms with E-state index in [9.17, 15) is 4.79 Å². The second kappa shape index (κ2) is 7.96. The van der Waals surface area contributed by atoms with Crippen molar-refractivity contribution in [2.24, 2.45) is 5.92 Å². The molecule has 20 heavy (non-hydrogen) atoms. The van der Waals surface area contributed by atoms with Crippen molar-refractivity contribution in [3.63, 3.8) is 0 Å². The summed E-state index contributed by atoms with van der Waals surface area (Å²) in [6, 6.07) is 0.0260. The van der Waals surface area contributed by atoms with Crippen molar-refractivity contribution in [2.45, 2.75) is 38.6 Å². The highest BCUT2D eigenvalue weighted by Gasteiger charge is 2.30. The molecule has 5 heteroatoms. The van der Waals surface area contributed by atoms with Crippen molar-refractivity contribution in [1.82, 2.24) is 15.1 Å². The molecule has 1 amide bonds. The van der Waals surface area contributed by atoms with E-state index in [-0.39, 0.29) is 18.6 Å². The molecule has 2 unspecified atom stereocenters. The van der Waals surface area contributed by atoms with Crippen molar-refractivity contribution in [2.75, 3.05) is 45.9 Å². The molecule has 2 aliphatic rings. The fourth-order valence-corrected chi connectivity index (χ4v) is 3.33. The van der Waals surface area contributed by atoms with Crippen LogP contribution in [0.15, 0.2) is 0 Å². The lowest BCUT2D eigenvalue weighted by Gasteiger charge is -2.32. The molecule has 0 aliphatic carbocycles. The predicted molar refractivity (Wildman–Crippen MR) is 79.5 cm³/mol. The monoisotopic (exact) mass is 283 g/mol. The Morgan fingerprint density at radius 2 is 2.15 bits per heavy atom. The summed E-state index contributed by atoms with van der Waals surface area (Å²) in [5, 5.41) is 12.4. The maximum Gasteiger partial charge on any atom is 0.239 e. The minimum absolute atomic E-state index is 0.0260. The van der Waals surface area contributed by atoms with Gasteiger partial charge < -0.3 is 15.3 Å². The molecule has 2 fully saturated rings. The van der Waals surface area contributed by atoms with Crippen LogP contribution in [0.1, 0.15) is 32.6 Å². The average molecular weight is 283 g/mol. The molecule has 116 valence electrons. The highest BCUT2D eigenvalue weighted by Crippen LogP contribution is 2.20. The number of piperidine rings is 1. The van der Waals surface area contributed by atoms with Crippen molar-refractivity contribution in [3.05, 3.63) is 0 Å². The fraction of sp³-hybridized carbons (Fsp3) is 0.933. The van der Waals surface area contributed by atoms with E-state index in [2.05, 4.69) is 17.1 Å². The molecule has 0 radical (unpaired) electrons. The Bertz CT molecular complexity index is 311. The summed E-state index contributed by atoms with van der Waals surface area (Å²) in [5.74, 6) is 0.983. The Morgan fingerprint density at radius 1 is 1.30 bits per heavy atom. The van der Waals surface area contributed by atoms with Gasteiger partial charge >= 0.3 is 0 Å². The van der Waals surface area contributed by atoms with E-state index in [0.29, 0.717) is 5.92 Å². The summed E-state index contributed by atoms with van der Waals surface area (Å²) >= 11 is 0. The van der Waals surface area contributed by atoms with Gasteiger partial charge in [0.05, 0.1) is 12.6 Å². The first-order chi connectivity index (χ1) is 9.74. The molecule has 0 spiro atoms. The van der Waals surface area contributed by atoms with Gasteiger partial charge in [-0.15, -0.1) is 0 Å². The quantitative estimate of drug-likeness (QED) is 0.779. The molecule has 0 bridgehead atoms. The Morgan fingerprint density at radius 3 is 2.90 bits per heavy atom. The number of aliphatic hydroxyl groups excluding tert-OH is 1. The third-order valence-electron chi connectivity index (χ3n) is 4.70. The molecule has 0 saturated carbocycles. The van der Waals surface area contributed by atoms with E-state index in [1.807, 2.05) is 4.90 Å². The highest BCUT2D eigenvalue weighted by molar-refractivity contribution is 5.82. The number of hydrogen-bond acceptors (Lipinski definition) is 4. The van der Waals surface area contributed by atoms with Crippen LogP contribution < -0.4 is 5.32 Å². The van der Waals surface area contributed by atoms with Gasteiger partial charge in [-0.25, -0.2) is 0 Å². The summed E-state index contributed by atoms with van der Waals surface area (Å²) in [6.45, 7) is 7.65. The standard InChI is InChI=1S/C15H29N3O2/c1-2-13-4-5-16-14(12-13)15(20)18-7-3-6-17(8-9-18)10-11-19/h13-14,16,19H,2-12H2,1H3. The van der Waals surface area contributed by atoms with E-state index < -0.39 is 0 Å². The summed E-state index contributed by atoms with van der Waals surface area (Å²) in [5.41, 5.74) is 0. The minimum Gasteiger partial charge on any atom is -0.395 e. The summed E-state index contributed by atoms with van der Waals surface area (Å²) in [4.78, 5) is 16.9. The number of nitrogens with one attached hydrogen (secondary N) is 1. The van der Waals surface area contributed by atoms with Crippen molar-refractivity contribution < 1.29 is 9.90 Å². The van der Waals surface area contributed by atoms with Crippen LogP contribution in [0.25, 0.3) is 0 Å². The molecule has 0 aromatic heterocycles. The van der Waals surface area contributed by atoms with Crippen LogP contribution in [-0.4, -0.2) is 72.7 Å². The molecule has 0 aromatic rings. The zero-order valence-corrected chi connectivity index (χ0v) is 12.7. The molecule has 2 aliphatic heterocycles. The SMILES string of the molecule is CCC1CCNC(C(=O)N2CCCN(CCO)CC2)C1. The largest absolute Gasteiger partial charge is 0.395 e. The Balaban J connectivity index is 1.85. The Hall–Kier alpha value is -0.650. The maximum atomic E-state index is 12.6. The van der Waals surface area contributed by atoms with Crippen molar-refractivity contribution in [1.29, 1.82) is 0 Å². The smallest absolute Gasteiger partial charge is 0.239 e. The van der Waals surface area contributed by atoms with Crippen molar-refractivity contribution >= 4 is 5.91 Å². The zero-order valence-electron chi connectivity index (χ0n) is 12.7. The van der Waals surface area contributed by atoms with Crippen LogP contribution >= 0.6 is 0 Å². The van der Waals surface area contributed by atoms with E-state index in [0.717, 1.165) is 52.1 Å². The van der Waals surface area contributed by atoms with Gasteiger partial charge in [0.2, 0.25) is 5.91 Å². The van der Waals surface area contributed by atoms with Gasteiger partial charge in [0.1, 0.15) is 0 Å². The van der Waals surface area contributed by atoms with Crippen molar-refractivity contribution in [3.8, 4) is 0 Å². The average Bonchev–Trinajstić information content (AvgIpc) is 2.73. The first-order valence-electron chi connectivity index (χ1n) is 8.10. The van der Waals surface area contributed by atoms with Crippen LogP contribution in [0.3, 0.4) is 0 Å². The van der Waals surface area contributed by atoms with Crippen LogP contribution in [-0.2, 0) is 4.79 Å². The van der Waals surface area contributed by atoms with Gasteiger partial charge in [-0.3, -0.25) is 9.69 Å². The first-order valence-corrected chi connectivity index (χ1v) is 8.10. The fourth-order valence-electron chi connectivity index (χ4n) is 3.33. The zero-order chi connectivity index (χ0) is 14.4. The molecule has 2 rings (SSSR count). The minimum atomic E-state index is 0.0260. The van der Waals surface area contributed by atoms with E-state index >= 15 is 0 Å². The number of carbonyl (C=O) groups excluding carboxylic acids is 1. The Labute approximate surface area is 122 Å². The normalized spacial score (nSPS) is 29.2. The Kier molecular flexibility index (Phi) is 6.26. The second-order valence-electron chi connectivity index (χ2n) is 6.05. The molecule has 2 atom stereocenters. The summed E-state index contributed by atoms with van der Waals surface area (Å²) in [6.07, 6.45) is 4.38. The van der Waals surface area contributed by atoms with Gasteiger partial charge in [0, 0.05) is 26.2 Å².